The Hall–Kier alpha value is -1.52. The average molecular weight is 212 g/mol. The van der Waals surface area contributed by atoms with Crippen molar-refractivity contribution in [2.75, 3.05) is 5.73 Å². The van der Waals surface area contributed by atoms with E-state index in [1.165, 1.54) is 0 Å². The number of nitrogens with zero attached hydrogens (tertiary/aromatic N) is 1. The molecule has 0 aromatic carbocycles. The van der Waals surface area contributed by atoms with Gasteiger partial charge in [-0.2, -0.15) is 0 Å². The molecule has 0 spiro atoms. The van der Waals surface area contributed by atoms with Gasteiger partial charge in [0.25, 0.3) is 0 Å². The third kappa shape index (κ3) is 2.97. The number of ether oxygens (including phenoxy) is 1. The van der Waals surface area contributed by atoms with E-state index in [2.05, 4.69) is 4.98 Å². The summed E-state index contributed by atoms with van der Waals surface area (Å²) in [5.74, 6) is -0.0992. The molecule has 0 saturated carbocycles. The molecule has 5 nitrogen and oxygen atoms in total. The molecule has 0 aliphatic carbocycles. The van der Waals surface area contributed by atoms with E-state index in [0.29, 0.717) is 12.3 Å². The SMILES string of the molecule is CCc1nc(C(=O)OC(C)(C)C)c(N)o1. The van der Waals surface area contributed by atoms with Gasteiger partial charge in [0.05, 0.1) is 0 Å². The molecule has 1 rings (SSSR count). The minimum absolute atomic E-state index is 0.0149. The molecule has 0 bridgehead atoms. The highest BCUT2D eigenvalue weighted by atomic mass is 16.6. The van der Waals surface area contributed by atoms with Gasteiger partial charge in [-0.15, -0.1) is 0 Å². The van der Waals surface area contributed by atoms with Gasteiger partial charge in [-0.05, 0) is 20.8 Å². The van der Waals surface area contributed by atoms with Crippen molar-refractivity contribution in [3.63, 3.8) is 0 Å². The fourth-order valence-electron chi connectivity index (χ4n) is 1.00. The highest BCUT2D eigenvalue weighted by molar-refractivity contribution is 5.91. The average Bonchev–Trinajstić information content (AvgIpc) is 2.43. The number of oxazole rings is 1. The van der Waals surface area contributed by atoms with Crippen molar-refractivity contribution in [1.29, 1.82) is 0 Å². The van der Waals surface area contributed by atoms with Crippen LogP contribution in [-0.4, -0.2) is 16.6 Å². The first-order chi connectivity index (χ1) is 6.83. The van der Waals surface area contributed by atoms with Crippen LogP contribution in [0.3, 0.4) is 0 Å². The summed E-state index contributed by atoms with van der Waals surface area (Å²) in [7, 11) is 0. The van der Waals surface area contributed by atoms with Crippen molar-refractivity contribution >= 4 is 11.9 Å². The zero-order chi connectivity index (χ0) is 11.6. The van der Waals surface area contributed by atoms with Crippen molar-refractivity contribution in [1.82, 2.24) is 4.98 Å². The number of aryl methyl sites for hydroxylation is 1. The number of carbonyl (C=O) groups is 1. The molecule has 1 aromatic rings. The van der Waals surface area contributed by atoms with E-state index in [0.717, 1.165) is 0 Å². The third-order valence-corrected chi connectivity index (χ3v) is 1.59. The van der Waals surface area contributed by atoms with Crippen molar-refractivity contribution in [3.8, 4) is 0 Å². The van der Waals surface area contributed by atoms with Gasteiger partial charge in [0.15, 0.2) is 5.89 Å². The Morgan fingerprint density at radius 1 is 1.53 bits per heavy atom. The lowest BCUT2D eigenvalue weighted by Gasteiger charge is -2.18. The summed E-state index contributed by atoms with van der Waals surface area (Å²) in [5.41, 5.74) is 5.00. The molecule has 15 heavy (non-hydrogen) atoms. The van der Waals surface area contributed by atoms with E-state index in [1.54, 1.807) is 20.8 Å². The monoisotopic (exact) mass is 212 g/mol. The van der Waals surface area contributed by atoms with Gasteiger partial charge in [-0.25, -0.2) is 9.78 Å². The number of rotatable bonds is 2. The molecule has 0 amide bonds. The maximum absolute atomic E-state index is 11.6. The molecule has 0 atom stereocenters. The first-order valence-electron chi connectivity index (χ1n) is 4.82. The standard InChI is InChI=1S/C10H16N2O3/c1-5-6-12-7(8(11)14-6)9(13)15-10(2,3)4/h5,11H2,1-4H3. The van der Waals surface area contributed by atoms with Crippen LogP contribution in [0.25, 0.3) is 0 Å². The smallest absolute Gasteiger partial charge is 0.363 e. The topological polar surface area (TPSA) is 78.3 Å². The quantitative estimate of drug-likeness (QED) is 0.756. The van der Waals surface area contributed by atoms with Gasteiger partial charge in [0, 0.05) is 6.42 Å². The number of hydrogen-bond donors (Lipinski definition) is 1. The van der Waals surface area contributed by atoms with Gasteiger partial charge < -0.3 is 14.9 Å². The molecule has 1 aromatic heterocycles. The van der Waals surface area contributed by atoms with Crippen LogP contribution in [0, 0.1) is 0 Å². The third-order valence-electron chi connectivity index (χ3n) is 1.59. The summed E-state index contributed by atoms with van der Waals surface area (Å²) in [6.45, 7) is 7.20. The molecule has 1 heterocycles. The number of esters is 1. The largest absolute Gasteiger partial charge is 0.455 e. The van der Waals surface area contributed by atoms with E-state index < -0.39 is 11.6 Å². The molecule has 2 N–H and O–H groups in total. The number of nitrogens with two attached hydrogens (primary N) is 1. The van der Waals surface area contributed by atoms with E-state index in [4.69, 9.17) is 14.9 Å². The summed E-state index contributed by atoms with van der Waals surface area (Å²) < 4.78 is 10.2. The van der Waals surface area contributed by atoms with Gasteiger partial charge in [0.2, 0.25) is 11.6 Å². The summed E-state index contributed by atoms with van der Waals surface area (Å²) in [6.07, 6.45) is 0.590. The Kier molecular flexibility index (Phi) is 3.02. The van der Waals surface area contributed by atoms with Crippen LogP contribution in [0.1, 0.15) is 44.1 Å². The van der Waals surface area contributed by atoms with Gasteiger partial charge >= 0.3 is 5.97 Å². The fraction of sp³-hybridized carbons (Fsp3) is 0.600. The van der Waals surface area contributed by atoms with Crippen molar-refractivity contribution in [2.45, 2.75) is 39.7 Å². The Morgan fingerprint density at radius 2 is 2.13 bits per heavy atom. The summed E-state index contributed by atoms with van der Waals surface area (Å²) in [6, 6.07) is 0. The molecule has 84 valence electrons. The molecular formula is C10H16N2O3. The summed E-state index contributed by atoms with van der Waals surface area (Å²) in [5, 5.41) is 0. The number of nitrogen functional groups attached to an aromatic ring is 1. The number of carbonyl (C=O) groups excluding carboxylic acids is 1. The van der Waals surface area contributed by atoms with E-state index in [1.807, 2.05) is 6.92 Å². The van der Waals surface area contributed by atoms with Gasteiger partial charge in [0.1, 0.15) is 5.60 Å². The second-order valence-corrected chi connectivity index (χ2v) is 4.18. The van der Waals surface area contributed by atoms with Gasteiger partial charge in [-0.3, -0.25) is 0 Å². The highest BCUT2D eigenvalue weighted by Gasteiger charge is 2.23. The number of hydrogen-bond acceptors (Lipinski definition) is 5. The minimum atomic E-state index is -0.561. The van der Waals surface area contributed by atoms with Crippen LogP contribution in [0.4, 0.5) is 5.88 Å². The lowest BCUT2D eigenvalue weighted by atomic mass is 10.2. The predicted molar refractivity (Wildman–Crippen MR) is 55.5 cm³/mol. The van der Waals surface area contributed by atoms with Crippen molar-refractivity contribution in [2.24, 2.45) is 0 Å². The van der Waals surface area contributed by atoms with E-state index in [9.17, 15) is 4.79 Å². The second-order valence-electron chi connectivity index (χ2n) is 4.18. The van der Waals surface area contributed by atoms with Gasteiger partial charge in [-0.1, -0.05) is 6.92 Å². The molecule has 0 saturated heterocycles. The first-order valence-corrected chi connectivity index (χ1v) is 4.82. The molecule has 5 heteroatoms. The number of aromatic nitrogens is 1. The fourth-order valence-corrected chi connectivity index (χ4v) is 1.00. The zero-order valence-corrected chi connectivity index (χ0v) is 9.46. The molecule has 0 unspecified atom stereocenters. The maximum atomic E-state index is 11.6. The Balaban J connectivity index is 2.87. The Morgan fingerprint density at radius 3 is 2.53 bits per heavy atom. The van der Waals surface area contributed by atoms with Crippen molar-refractivity contribution in [3.05, 3.63) is 11.6 Å². The van der Waals surface area contributed by atoms with E-state index in [-0.39, 0.29) is 11.6 Å². The normalized spacial score (nSPS) is 11.5. The van der Waals surface area contributed by atoms with Crippen LogP contribution in [0.5, 0.6) is 0 Å². The molecule has 0 aliphatic rings. The molecular weight excluding hydrogens is 196 g/mol. The lowest BCUT2D eigenvalue weighted by molar-refractivity contribution is 0.00643. The molecule has 0 fully saturated rings. The minimum Gasteiger partial charge on any atom is -0.455 e. The van der Waals surface area contributed by atoms with Crippen LogP contribution in [0.15, 0.2) is 4.42 Å². The predicted octanol–water partition coefficient (Wildman–Crippen LogP) is 1.77. The summed E-state index contributed by atoms with van der Waals surface area (Å²) in [4.78, 5) is 15.5. The Bertz CT molecular complexity index is 363. The lowest BCUT2D eigenvalue weighted by Crippen LogP contribution is -2.24. The van der Waals surface area contributed by atoms with Crippen molar-refractivity contribution < 1.29 is 13.9 Å². The Labute approximate surface area is 88.6 Å². The molecule has 0 aliphatic heterocycles. The maximum Gasteiger partial charge on any atom is 0.363 e. The van der Waals surface area contributed by atoms with Crippen LogP contribution < -0.4 is 5.73 Å². The molecule has 0 radical (unpaired) electrons. The second kappa shape index (κ2) is 3.92. The van der Waals surface area contributed by atoms with Crippen LogP contribution in [0.2, 0.25) is 0 Å². The van der Waals surface area contributed by atoms with Crippen LogP contribution >= 0.6 is 0 Å². The van der Waals surface area contributed by atoms with Crippen LogP contribution in [-0.2, 0) is 11.2 Å². The highest BCUT2D eigenvalue weighted by Crippen LogP contribution is 2.18. The number of anilines is 1. The summed E-state index contributed by atoms with van der Waals surface area (Å²) >= 11 is 0. The first kappa shape index (κ1) is 11.6. The van der Waals surface area contributed by atoms with E-state index >= 15 is 0 Å². The zero-order valence-electron chi connectivity index (χ0n) is 9.46.